The quantitative estimate of drug-likeness (QED) is 0.668. The molecule has 1 aromatic carbocycles. The molecule has 0 saturated heterocycles. The number of nitrogens with one attached hydrogen (secondary N) is 1. The molecule has 0 aliphatic heterocycles. The molecule has 3 N–H and O–H groups in total. The first kappa shape index (κ1) is 15.4. The molecule has 0 aliphatic rings. The fourth-order valence-corrected chi connectivity index (χ4v) is 3.10. The minimum Gasteiger partial charge on any atom is -0.465 e. The van der Waals surface area contributed by atoms with Crippen molar-refractivity contribution in [1.29, 1.82) is 0 Å². The second-order valence-corrected chi connectivity index (χ2v) is 6.39. The van der Waals surface area contributed by atoms with Gasteiger partial charge in [0.25, 0.3) is 0 Å². The molecule has 4 nitrogen and oxygen atoms in total. The highest BCUT2D eigenvalue weighted by molar-refractivity contribution is 7.12. The first-order chi connectivity index (χ1) is 9.92. The maximum Gasteiger partial charge on any atom is 0.340 e. The fourth-order valence-electron chi connectivity index (χ4n) is 2.11. The van der Waals surface area contributed by atoms with Gasteiger partial charge in [-0.25, -0.2) is 4.79 Å². The van der Waals surface area contributed by atoms with E-state index in [1.54, 1.807) is 17.4 Å². The first-order valence-corrected chi connectivity index (χ1v) is 7.52. The van der Waals surface area contributed by atoms with Gasteiger partial charge in [-0.1, -0.05) is 0 Å². The molecule has 0 unspecified atom stereocenters. The van der Waals surface area contributed by atoms with Crippen molar-refractivity contribution in [2.75, 3.05) is 18.2 Å². The summed E-state index contributed by atoms with van der Waals surface area (Å²) in [4.78, 5) is 14.3. The fraction of sp³-hybridized carbons (Fsp3) is 0.312. The van der Waals surface area contributed by atoms with E-state index >= 15 is 0 Å². The van der Waals surface area contributed by atoms with Crippen LogP contribution in [-0.4, -0.2) is 13.1 Å². The summed E-state index contributed by atoms with van der Waals surface area (Å²) < 4.78 is 4.76. The van der Waals surface area contributed by atoms with E-state index in [9.17, 15) is 4.79 Å². The SMILES string of the molecule is COC(=O)c1cc(NCc2cc(C)c(C)s2)cc(C)c1N. The van der Waals surface area contributed by atoms with Gasteiger partial charge in [0, 0.05) is 27.7 Å². The smallest absolute Gasteiger partial charge is 0.340 e. The van der Waals surface area contributed by atoms with Crippen LogP contribution in [0.25, 0.3) is 0 Å². The van der Waals surface area contributed by atoms with Crippen LogP contribution in [0.4, 0.5) is 11.4 Å². The normalized spacial score (nSPS) is 10.5. The molecule has 21 heavy (non-hydrogen) atoms. The highest BCUT2D eigenvalue weighted by atomic mass is 32.1. The van der Waals surface area contributed by atoms with Crippen LogP contribution in [0, 0.1) is 20.8 Å². The topological polar surface area (TPSA) is 64.3 Å². The molecule has 0 fully saturated rings. The molecule has 5 heteroatoms. The predicted molar refractivity (Wildman–Crippen MR) is 88.1 cm³/mol. The van der Waals surface area contributed by atoms with E-state index in [1.807, 2.05) is 13.0 Å². The van der Waals surface area contributed by atoms with Gasteiger partial charge in [0.2, 0.25) is 0 Å². The van der Waals surface area contributed by atoms with Gasteiger partial charge in [0.1, 0.15) is 0 Å². The molecule has 0 bridgehead atoms. The van der Waals surface area contributed by atoms with Crippen molar-refractivity contribution in [3.63, 3.8) is 0 Å². The Morgan fingerprint density at radius 3 is 2.52 bits per heavy atom. The molecule has 0 amide bonds. The predicted octanol–water partition coefficient (Wildman–Crippen LogP) is 3.65. The summed E-state index contributed by atoms with van der Waals surface area (Å²) in [6.45, 7) is 6.83. The van der Waals surface area contributed by atoms with Gasteiger partial charge < -0.3 is 15.8 Å². The van der Waals surface area contributed by atoms with Gasteiger partial charge in [0.05, 0.1) is 12.7 Å². The van der Waals surface area contributed by atoms with Gasteiger partial charge in [-0.2, -0.15) is 0 Å². The molecular formula is C16H20N2O2S. The molecule has 0 spiro atoms. The number of carbonyl (C=O) groups is 1. The van der Waals surface area contributed by atoms with Crippen molar-refractivity contribution in [3.8, 4) is 0 Å². The van der Waals surface area contributed by atoms with Crippen LogP contribution in [0.5, 0.6) is 0 Å². The highest BCUT2D eigenvalue weighted by Gasteiger charge is 2.13. The number of anilines is 2. The lowest BCUT2D eigenvalue weighted by Crippen LogP contribution is -2.08. The highest BCUT2D eigenvalue weighted by Crippen LogP contribution is 2.25. The lowest BCUT2D eigenvalue weighted by molar-refractivity contribution is 0.0602. The molecule has 1 heterocycles. The minimum absolute atomic E-state index is 0.401. The Balaban J connectivity index is 2.20. The van der Waals surface area contributed by atoms with E-state index in [4.69, 9.17) is 10.5 Å². The molecule has 1 aromatic heterocycles. The third kappa shape index (κ3) is 3.36. The van der Waals surface area contributed by atoms with Crippen molar-refractivity contribution in [2.24, 2.45) is 0 Å². The maximum atomic E-state index is 11.7. The molecule has 112 valence electrons. The van der Waals surface area contributed by atoms with Crippen molar-refractivity contribution < 1.29 is 9.53 Å². The Bertz CT molecular complexity index is 658. The Kier molecular flexibility index (Phi) is 4.53. The zero-order valence-corrected chi connectivity index (χ0v) is 13.6. The van der Waals surface area contributed by atoms with Crippen LogP contribution in [0.2, 0.25) is 0 Å². The lowest BCUT2D eigenvalue weighted by Gasteiger charge is -2.11. The lowest BCUT2D eigenvalue weighted by atomic mass is 10.1. The maximum absolute atomic E-state index is 11.7. The average molecular weight is 304 g/mol. The summed E-state index contributed by atoms with van der Waals surface area (Å²) in [7, 11) is 1.36. The molecular weight excluding hydrogens is 284 g/mol. The van der Waals surface area contributed by atoms with E-state index in [0.717, 1.165) is 17.8 Å². The summed E-state index contributed by atoms with van der Waals surface area (Å²) in [5.41, 5.74) is 9.83. The average Bonchev–Trinajstić information content (AvgIpc) is 2.78. The van der Waals surface area contributed by atoms with E-state index in [0.29, 0.717) is 11.3 Å². The van der Waals surface area contributed by atoms with E-state index in [-0.39, 0.29) is 0 Å². The van der Waals surface area contributed by atoms with Gasteiger partial charge >= 0.3 is 5.97 Å². The van der Waals surface area contributed by atoms with Gasteiger partial charge in [-0.15, -0.1) is 11.3 Å². The van der Waals surface area contributed by atoms with Gasteiger partial charge in [-0.3, -0.25) is 0 Å². The number of benzene rings is 1. The Morgan fingerprint density at radius 1 is 1.24 bits per heavy atom. The van der Waals surface area contributed by atoms with Gasteiger partial charge in [-0.05, 0) is 50.1 Å². The van der Waals surface area contributed by atoms with Crippen molar-refractivity contribution in [2.45, 2.75) is 27.3 Å². The third-order valence-electron chi connectivity index (χ3n) is 3.48. The minimum atomic E-state index is -0.415. The first-order valence-electron chi connectivity index (χ1n) is 6.70. The van der Waals surface area contributed by atoms with E-state index < -0.39 is 5.97 Å². The second kappa shape index (κ2) is 6.18. The zero-order chi connectivity index (χ0) is 15.6. The molecule has 2 aromatic rings. The summed E-state index contributed by atoms with van der Waals surface area (Å²) in [5, 5.41) is 3.34. The number of hydrogen-bond acceptors (Lipinski definition) is 5. The van der Waals surface area contributed by atoms with Crippen LogP contribution in [0.15, 0.2) is 18.2 Å². The Labute approximate surface area is 128 Å². The summed E-state index contributed by atoms with van der Waals surface area (Å²) in [6, 6.07) is 5.86. The Morgan fingerprint density at radius 2 is 1.95 bits per heavy atom. The van der Waals surface area contributed by atoms with Crippen molar-refractivity contribution in [3.05, 3.63) is 44.6 Å². The summed E-state index contributed by atoms with van der Waals surface area (Å²) in [6.07, 6.45) is 0. The second-order valence-electron chi connectivity index (χ2n) is 5.05. The standard InChI is InChI=1S/C16H20N2O2S/c1-9-6-13(21-11(9)3)8-18-12-5-10(2)15(17)14(7-12)16(19)20-4/h5-7,18H,8,17H2,1-4H3. The largest absolute Gasteiger partial charge is 0.465 e. The van der Waals surface area contributed by atoms with Crippen molar-refractivity contribution in [1.82, 2.24) is 0 Å². The monoisotopic (exact) mass is 304 g/mol. The number of rotatable bonds is 4. The number of carbonyl (C=O) groups excluding carboxylic acids is 1. The van der Waals surface area contributed by atoms with E-state index in [2.05, 4.69) is 25.2 Å². The number of esters is 1. The summed E-state index contributed by atoms with van der Waals surface area (Å²) in [5.74, 6) is -0.415. The molecule has 0 aliphatic carbocycles. The van der Waals surface area contributed by atoms with Crippen LogP contribution in [-0.2, 0) is 11.3 Å². The van der Waals surface area contributed by atoms with E-state index in [1.165, 1.54) is 22.4 Å². The zero-order valence-electron chi connectivity index (χ0n) is 12.7. The summed E-state index contributed by atoms with van der Waals surface area (Å²) >= 11 is 1.78. The molecule has 2 rings (SSSR count). The number of methoxy groups -OCH3 is 1. The van der Waals surface area contributed by atoms with Crippen LogP contribution < -0.4 is 11.1 Å². The number of nitrogens with two attached hydrogens (primary N) is 1. The van der Waals surface area contributed by atoms with Gasteiger partial charge in [0.15, 0.2) is 0 Å². The number of aryl methyl sites for hydroxylation is 3. The van der Waals surface area contributed by atoms with Crippen molar-refractivity contribution >= 4 is 28.7 Å². The number of ether oxygens (including phenoxy) is 1. The molecule has 0 saturated carbocycles. The number of hydrogen-bond donors (Lipinski definition) is 2. The van der Waals surface area contributed by atoms with Crippen LogP contribution in [0.1, 0.15) is 31.2 Å². The third-order valence-corrected chi connectivity index (χ3v) is 4.63. The Hall–Kier alpha value is -2.01. The number of nitrogen functional groups attached to an aromatic ring is 1. The molecule has 0 atom stereocenters. The van der Waals surface area contributed by atoms with Crippen LogP contribution >= 0.6 is 11.3 Å². The number of thiophene rings is 1. The van der Waals surface area contributed by atoms with Crippen LogP contribution in [0.3, 0.4) is 0 Å². The molecule has 0 radical (unpaired) electrons.